The summed E-state index contributed by atoms with van der Waals surface area (Å²) in [5.41, 5.74) is 3.35. The van der Waals surface area contributed by atoms with Gasteiger partial charge in [0, 0.05) is 43.3 Å². The van der Waals surface area contributed by atoms with E-state index >= 15 is 0 Å². The smallest absolute Gasteiger partial charge is 0.252 e. The van der Waals surface area contributed by atoms with Crippen molar-refractivity contribution in [2.75, 3.05) is 13.1 Å². The van der Waals surface area contributed by atoms with Gasteiger partial charge < -0.3 is 5.32 Å². The Morgan fingerprint density at radius 2 is 2.12 bits per heavy atom. The lowest BCUT2D eigenvalue weighted by Gasteiger charge is -2.33. The maximum atomic E-state index is 12.1. The van der Waals surface area contributed by atoms with Crippen molar-refractivity contribution in [2.24, 2.45) is 0 Å². The third kappa shape index (κ3) is 3.84. The monoisotopic (exact) mass is 372 g/mol. The molecule has 0 aliphatic carbocycles. The number of nitrogens with zero attached hydrogens (tertiary/aromatic N) is 3. The first-order valence-corrected chi connectivity index (χ1v) is 10.2. The summed E-state index contributed by atoms with van der Waals surface area (Å²) >= 11 is 3.28. The van der Waals surface area contributed by atoms with Gasteiger partial charge in [0.15, 0.2) is 0 Å². The first-order chi connectivity index (χ1) is 12.3. The molecule has 1 N–H and O–H groups in total. The van der Waals surface area contributed by atoms with E-state index in [2.05, 4.69) is 42.9 Å². The van der Waals surface area contributed by atoms with Gasteiger partial charge in [-0.2, -0.15) is 27.8 Å². The zero-order chi connectivity index (χ0) is 17.1. The topological polar surface area (TPSA) is 50.2 Å². The largest absolute Gasteiger partial charge is 0.352 e. The highest BCUT2D eigenvalue weighted by Gasteiger charge is 2.25. The predicted molar refractivity (Wildman–Crippen MR) is 101 cm³/mol. The molecule has 5 nitrogen and oxygen atoms in total. The van der Waals surface area contributed by atoms with Crippen LogP contribution in [0.25, 0.3) is 0 Å². The summed E-state index contributed by atoms with van der Waals surface area (Å²) in [4.78, 5) is 14.5. The van der Waals surface area contributed by atoms with Crippen LogP contribution in [0.15, 0.2) is 45.9 Å². The molecule has 1 atom stereocenters. The Morgan fingerprint density at radius 3 is 2.92 bits per heavy atom. The fraction of sp³-hybridized carbons (Fsp3) is 0.333. The van der Waals surface area contributed by atoms with Crippen LogP contribution in [-0.2, 0) is 13.1 Å². The second kappa shape index (κ2) is 7.51. The van der Waals surface area contributed by atoms with E-state index in [0.29, 0.717) is 12.6 Å². The van der Waals surface area contributed by atoms with Crippen molar-refractivity contribution >= 4 is 28.6 Å². The van der Waals surface area contributed by atoms with E-state index in [1.54, 1.807) is 22.7 Å². The van der Waals surface area contributed by atoms with Crippen LogP contribution in [0.1, 0.15) is 34.1 Å². The number of rotatable bonds is 6. The standard InChI is InChI=1S/C18H20N4OS2/c23-18(15-4-8-25-13-15)19-5-1-16-10-21(9-14-3-7-24-12-14)11-17-2-6-20-22(16)17/h2-4,6-8,12-13,16H,1,5,9-11H2,(H,19,23). The molecule has 0 radical (unpaired) electrons. The summed E-state index contributed by atoms with van der Waals surface area (Å²) in [6.07, 6.45) is 2.76. The molecule has 0 saturated carbocycles. The Kier molecular flexibility index (Phi) is 4.96. The lowest BCUT2D eigenvalue weighted by atomic mass is 10.1. The van der Waals surface area contributed by atoms with Crippen LogP contribution in [0.5, 0.6) is 0 Å². The molecule has 0 aromatic carbocycles. The molecule has 0 spiro atoms. The van der Waals surface area contributed by atoms with E-state index < -0.39 is 0 Å². The van der Waals surface area contributed by atoms with Gasteiger partial charge >= 0.3 is 0 Å². The number of aromatic nitrogens is 2. The lowest BCUT2D eigenvalue weighted by molar-refractivity contribution is 0.0947. The quantitative estimate of drug-likeness (QED) is 0.722. The molecule has 0 saturated heterocycles. The molecule has 25 heavy (non-hydrogen) atoms. The number of fused-ring (bicyclic) bond motifs is 1. The van der Waals surface area contributed by atoms with Gasteiger partial charge in [-0.25, -0.2) is 0 Å². The number of thiophene rings is 2. The summed E-state index contributed by atoms with van der Waals surface area (Å²) in [5.74, 6) is 0.00729. The molecule has 0 bridgehead atoms. The molecule has 3 aromatic rings. The Bertz CT molecular complexity index is 810. The molecule has 1 amide bonds. The van der Waals surface area contributed by atoms with Crippen molar-refractivity contribution in [3.8, 4) is 0 Å². The summed E-state index contributed by atoms with van der Waals surface area (Å²) in [7, 11) is 0. The van der Waals surface area contributed by atoms with Gasteiger partial charge in [-0.1, -0.05) is 0 Å². The Morgan fingerprint density at radius 1 is 1.24 bits per heavy atom. The molecular weight excluding hydrogens is 352 g/mol. The fourth-order valence-electron chi connectivity index (χ4n) is 3.29. The van der Waals surface area contributed by atoms with Gasteiger partial charge in [-0.05, 0) is 46.3 Å². The third-order valence-corrected chi connectivity index (χ3v) is 5.90. The van der Waals surface area contributed by atoms with E-state index in [-0.39, 0.29) is 5.91 Å². The summed E-state index contributed by atoms with van der Waals surface area (Å²) in [6.45, 7) is 3.50. The van der Waals surface area contributed by atoms with E-state index in [9.17, 15) is 4.79 Å². The average molecular weight is 373 g/mol. The second-order valence-corrected chi connectivity index (χ2v) is 7.84. The first-order valence-electron chi connectivity index (χ1n) is 8.36. The third-order valence-electron chi connectivity index (χ3n) is 4.49. The zero-order valence-corrected chi connectivity index (χ0v) is 15.4. The highest BCUT2D eigenvalue weighted by molar-refractivity contribution is 7.08. The van der Waals surface area contributed by atoms with Crippen molar-refractivity contribution in [2.45, 2.75) is 25.6 Å². The first kappa shape index (κ1) is 16.5. The lowest BCUT2D eigenvalue weighted by Crippen LogP contribution is -2.38. The van der Waals surface area contributed by atoms with Crippen LogP contribution in [0.4, 0.5) is 0 Å². The Balaban J connectivity index is 1.37. The molecule has 1 aliphatic rings. The minimum absolute atomic E-state index is 0.00729. The van der Waals surface area contributed by atoms with Crippen LogP contribution in [0, 0.1) is 0 Å². The molecule has 0 fully saturated rings. The van der Waals surface area contributed by atoms with E-state index in [1.807, 2.05) is 23.0 Å². The number of carbonyl (C=O) groups is 1. The molecule has 1 unspecified atom stereocenters. The SMILES string of the molecule is O=C(NCCC1CN(Cc2ccsc2)Cc2ccnn21)c1ccsc1. The number of hydrogen-bond donors (Lipinski definition) is 1. The average Bonchev–Trinajstić information content (AvgIpc) is 3.36. The minimum atomic E-state index is 0.00729. The molecular formula is C18H20N4OS2. The molecule has 4 heterocycles. The highest BCUT2D eigenvalue weighted by Crippen LogP contribution is 2.24. The molecule has 130 valence electrons. The van der Waals surface area contributed by atoms with Crippen molar-refractivity contribution in [3.63, 3.8) is 0 Å². The zero-order valence-electron chi connectivity index (χ0n) is 13.8. The maximum Gasteiger partial charge on any atom is 0.252 e. The molecule has 3 aromatic heterocycles. The van der Waals surface area contributed by atoms with Crippen LogP contribution >= 0.6 is 22.7 Å². The molecule has 1 aliphatic heterocycles. The van der Waals surface area contributed by atoms with Crippen molar-refractivity contribution in [3.05, 3.63) is 62.7 Å². The summed E-state index contributed by atoms with van der Waals surface area (Å²) in [6, 6.07) is 6.43. The molecule has 7 heteroatoms. The number of nitrogens with one attached hydrogen (secondary N) is 1. The highest BCUT2D eigenvalue weighted by atomic mass is 32.1. The fourth-order valence-corrected chi connectivity index (χ4v) is 4.58. The Hall–Kier alpha value is -1.96. The van der Waals surface area contributed by atoms with E-state index in [1.165, 1.54) is 11.3 Å². The maximum absolute atomic E-state index is 12.1. The second-order valence-electron chi connectivity index (χ2n) is 6.28. The normalized spacial score (nSPS) is 17.4. The Labute approximate surface area is 154 Å². The van der Waals surface area contributed by atoms with Crippen LogP contribution < -0.4 is 5.32 Å². The van der Waals surface area contributed by atoms with Gasteiger partial charge in [0.25, 0.3) is 5.91 Å². The number of amides is 1. The van der Waals surface area contributed by atoms with Gasteiger partial charge in [0.2, 0.25) is 0 Å². The van der Waals surface area contributed by atoms with Gasteiger partial charge in [-0.15, -0.1) is 0 Å². The van der Waals surface area contributed by atoms with Crippen LogP contribution in [-0.4, -0.2) is 33.7 Å². The predicted octanol–water partition coefficient (Wildman–Crippen LogP) is 3.38. The van der Waals surface area contributed by atoms with E-state index in [0.717, 1.165) is 31.6 Å². The van der Waals surface area contributed by atoms with Crippen LogP contribution in [0.2, 0.25) is 0 Å². The number of carbonyl (C=O) groups excluding carboxylic acids is 1. The van der Waals surface area contributed by atoms with Gasteiger partial charge in [-0.3, -0.25) is 14.4 Å². The number of hydrogen-bond acceptors (Lipinski definition) is 5. The minimum Gasteiger partial charge on any atom is -0.352 e. The van der Waals surface area contributed by atoms with Crippen molar-refractivity contribution < 1.29 is 4.79 Å². The van der Waals surface area contributed by atoms with E-state index in [4.69, 9.17) is 0 Å². The van der Waals surface area contributed by atoms with Gasteiger partial charge in [0.1, 0.15) is 0 Å². The van der Waals surface area contributed by atoms with Crippen LogP contribution in [0.3, 0.4) is 0 Å². The van der Waals surface area contributed by atoms with Crippen molar-refractivity contribution in [1.29, 1.82) is 0 Å². The summed E-state index contributed by atoms with van der Waals surface area (Å²) in [5, 5.41) is 15.7. The van der Waals surface area contributed by atoms with Crippen molar-refractivity contribution in [1.82, 2.24) is 20.0 Å². The summed E-state index contributed by atoms with van der Waals surface area (Å²) < 4.78 is 2.13. The van der Waals surface area contributed by atoms with Gasteiger partial charge in [0.05, 0.1) is 11.7 Å². The molecule has 4 rings (SSSR count).